The highest BCUT2D eigenvalue weighted by molar-refractivity contribution is 14.1. The highest BCUT2D eigenvalue weighted by atomic mass is 127. The Bertz CT molecular complexity index is 423. The van der Waals surface area contributed by atoms with Crippen molar-refractivity contribution < 1.29 is 0 Å². The largest absolute Gasteiger partial charge is 0.355 e. The van der Waals surface area contributed by atoms with Crippen molar-refractivity contribution in [1.82, 2.24) is 9.97 Å². The molecule has 1 aromatic heterocycles. The molecule has 1 unspecified atom stereocenters. The first-order valence-electron chi connectivity index (χ1n) is 5.26. The van der Waals surface area contributed by atoms with Crippen LogP contribution in [-0.4, -0.2) is 28.9 Å². The van der Waals surface area contributed by atoms with Crippen molar-refractivity contribution in [3.8, 4) is 0 Å². The van der Waals surface area contributed by atoms with Crippen molar-refractivity contribution in [1.29, 1.82) is 0 Å². The first-order chi connectivity index (χ1) is 7.72. The van der Waals surface area contributed by atoms with Crippen LogP contribution in [0.1, 0.15) is 12.8 Å². The summed E-state index contributed by atoms with van der Waals surface area (Å²) in [6.07, 6.45) is 3.64. The van der Waals surface area contributed by atoms with Gasteiger partial charge >= 0.3 is 0 Å². The van der Waals surface area contributed by atoms with Crippen LogP contribution in [0.4, 0.5) is 5.82 Å². The van der Waals surface area contributed by atoms with E-state index in [1.807, 2.05) is 22.6 Å². The second-order valence-corrected chi connectivity index (χ2v) is 5.40. The van der Waals surface area contributed by atoms with Crippen LogP contribution in [-0.2, 0) is 0 Å². The Morgan fingerprint density at radius 2 is 2.50 bits per heavy atom. The highest BCUT2D eigenvalue weighted by Crippen LogP contribution is 2.26. The summed E-state index contributed by atoms with van der Waals surface area (Å²) in [7, 11) is 0. The predicted octanol–water partition coefficient (Wildman–Crippen LogP) is 1.83. The smallest absolute Gasteiger partial charge is 0.266 e. The number of hydrogen-bond donors (Lipinski definition) is 1. The maximum absolute atomic E-state index is 11.5. The molecule has 0 bridgehead atoms. The molecule has 6 heteroatoms. The number of nitrogens with one attached hydrogen (secondary N) is 1. The van der Waals surface area contributed by atoms with Gasteiger partial charge < -0.3 is 9.88 Å². The lowest BCUT2D eigenvalue weighted by Crippen LogP contribution is -2.25. The average molecular weight is 354 g/mol. The molecule has 1 aliphatic heterocycles. The fourth-order valence-corrected chi connectivity index (χ4v) is 2.95. The Hall–Kier alpha value is -0.300. The van der Waals surface area contributed by atoms with Gasteiger partial charge in [0.25, 0.3) is 5.56 Å². The molecule has 1 saturated heterocycles. The van der Waals surface area contributed by atoms with Crippen LogP contribution in [0, 0.1) is 9.49 Å². The third-order valence-electron chi connectivity index (χ3n) is 2.88. The number of aromatic nitrogens is 2. The van der Waals surface area contributed by atoms with Gasteiger partial charge in [-0.05, 0) is 41.4 Å². The zero-order valence-electron chi connectivity index (χ0n) is 8.75. The normalized spacial score (nSPS) is 20.4. The maximum atomic E-state index is 11.5. The van der Waals surface area contributed by atoms with Gasteiger partial charge in [-0.2, -0.15) is 0 Å². The van der Waals surface area contributed by atoms with E-state index in [0.29, 0.717) is 15.4 Å². The molecule has 0 radical (unpaired) electrons. The van der Waals surface area contributed by atoms with E-state index in [-0.39, 0.29) is 5.56 Å². The first kappa shape index (κ1) is 12.2. The number of nitrogens with zero attached hydrogens (tertiary/aromatic N) is 2. The molecule has 4 nitrogen and oxygen atoms in total. The second-order valence-electron chi connectivity index (χ2n) is 3.95. The number of anilines is 1. The SMILES string of the molecule is O=c1[nH]cnc(N2CCC(CCCl)C2)c1I. The standard InChI is InChI=1S/C10H13ClIN3O/c11-3-1-7-2-4-15(5-7)9-8(12)10(16)14-6-13-9/h6-7H,1-5H2,(H,13,14,16). The minimum atomic E-state index is -0.0635. The van der Waals surface area contributed by atoms with Crippen LogP contribution in [0.5, 0.6) is 0 Å². The van der Waals surface area contributed by atoms with Crippen molar-refractivity contribution in [2.24, 2.45) is 5.92 Å². The van der Waals surface area contributed by atoms with E-state index >= 15 is 0 Å². The van der Waals surface area contributed by atoms with Crippen LogP contribution in [0.25, 0.3) is 0 Å². The van der Waals surface area contributed by atoms with Gasteiger partial charge in [-0.3, -0.25) is 4.79 Å². The summed E-state index contributed by atoms with van der Waals surface area (Å²) in [5, 5.41) is 0. The van der Waals surface area contributed by atoms with Gasteiger partial charge in [-0.1, -0.05) is 0 Å². The predicted molar refractivity (Wildman–Crippen MR) is 73.2 cm³/mol. The van der Waals surface area contributed by atoms with Crippen LogP contribution >= 0.6 is 34.2 Å². The summed E-state index contributed by atoms with van der Waals surface area (Å²) in [5.74, 6) is 2.15. The van der Waals surface area contributed by atoms with Crippen molar-refractivity contribution in [2.45, 2.75) is 12.8 Å². The number of rotatable bonds is 3. The quantitative estimate of drug-likeness (QED) is 0.666. The Kier molecular flexibility index (Phi) is 4.07. The summed E-state index contributed by atoms with van der Waals surface area (Å²) in [6.45, 7) is 1.92. The topological polar surface area (TPSA) is 49.0 Å². The molecular formula is C10H13ClIN3O. The van der Waals surface area contributed by atoms with E-state index in [1.165, 1.54) is 6.33 Å². The van der Waals surface area contributed by atoms with E-state index in [2.05, 4.69) is 14.9 Å². The molecule has 1 atom stereocenters. The molecule has 2 rings (SSSR count). The number of alkyl halides is 1. The van der Waals surface area contributed by atoms with E-state index in [9.17, 15) is 4.79 Å². The Balaban J connectivity index is 2.14. The van der Waals surface area contributed by atoms with Crippen LogP contribution in [0.3, 0.4) is 0 Å². The monoisotopic (exact) mass is 353 g/mol. The number of H-pyrrole nitrogens is 1. The lowest BCUT2D eigenvalue weighted by molar-refractivity contribution is 0.572. The van der Waals surface area contributed by atoms with Gasteiger partial charge in [0, 0.05) is 19.0 Å². The summed E-state index contributed by atoms with van der Waals surface area (Å²) in [6, 6.07) is 0. The third-order valence-corrected chi connectivity index (χ3v) is 4.07. The Morgan fingerprint density at radius 1 is 1.69 bits per heavy atom. The molecule has 0 amide bonds. The van der Waals surface area contributed by atoms with Gasteiger partial charge in [-0.15, -0.1) is 11.6 Å². The molecule has 0 aromatic carbocycles. The summed E-state index contributed by atoms with van der Waals surface area (Å²) in [4.78, 5) is 20.5. The van der Waals surface area contributed by atoms with Gasteiger partial charge in [0.1, 0.15) is 9.39 Å². The summed E-state index contributed by atoms with van der Waals surface area (Å²) >= 11 is 7.79. The van der Waals surface area contributed by atoms with Crippen molar-refractivity contribution in [3.63, 3.8) is 0 Å². The summed E-state index contributed by atoms with van der Waals surface area (Å²) in [5.41, 5.74) is -0.0635. The maximum Gasteiger partial charge on any atom is 0.266 e. The molecule has 0 aliphatic carbocycles. The Morgan fingerprint density at radius 3 is 3.25 bits per heavy atom. The van der Waals surface area contributed by atoms with E-state index < -0.39 is 0 Å². The molecule has 0 saturated carbocycles. The average Bonchev–Trinajstić information content (AvgIpc) is 2.71. The van der Waals surface area contributed by atoms with Crippen LogP contribution in [0.15, 0.2) is 11.1 Å². The van der Waals surface area contributed by atoms with E-state index in [1.54, 1.807) is 0 Å². The molecule has 1 fully saturated rings. The third kappa shape index (κ3) is 2.51. The van der Waals surface area contributed by atoms with Crippen molar-refractivity contribution in [3.05, 3.63) is 20.3 Å². The van der Waals surface area contributed by atoms with E-state index in [4.69, 9.17) is 11.6 Å². The molecule has 1 N–H and O–H groups in total. The van der Waals surface area contributed by atoms with Crippen molar-refractivity contribution >= 4 is 40.0 Å². The molecule has 0 spiro atoms. The fourth-order valence-electron chi connectivity index (χ4n) is 2.01. The van der Waals surface area contributed by atoms with E-state index in [0.717, 1.165) is 31.7 Å². The molecule has 2 heterocycles. The zero-order chi connectivity index (χ0) is 11.5. The minimum Gasteiger partial charge on any atom is -0.355 e. The van der Waals surface area contributed by atoms with Gasteiger partial charge in [0.15, 0.2) is 0 Å². The lowest BCUT2D eigenvalue weighted by atomic mass is 10.1. The zero-order valence-corrected chi connectivity index (χ0v) is 11.7. The molecule has 88 valence electrons. The summed E-state index contributed by atoms with van der Waals surface area (Å²) < 4.78 is 0.673. The number of halogens is 2. The lowest BCUT2D eigenvalue weighted by Gasteiger charge is -2.17. The molecule has 16 heavy (non-hydrogen) atoms. The van der Waals surface area contributed by atoms with Gasteiger partial charge in [0.2, 0.25) is 0 Å². The fraction of sp³-hybridized carbons (Fsp3) is 0.600. The number of hydrogen-bond acceptors (Lipinski definition) is 3. The van der Waals surface area contributed by atoms with Gasteiger partial charge in [0.05, 0.1) is 6.33 Å². The highest BCUT2D eigenvalue weighted by Gasteiger charge is 2.24. The Labute approximate surface area is 113 Å². The molecule has 1 aromatic rings. The van der Waals surface area contributed by atoms with Crippen molar-refractivity contribution in [2.75, 3.05) is 23.9 Å². The second kappa shape index (κ2) is 5.35. The first-order valence-corrected chi connectivity index (χ1v) is 6.87. The minimum absolute atomic E-state index is 0.0635. The molecular weight excluding hydrogens is 340 g/mol. The van der Waals surface area contributed by atoms with Crippen LogP contribution in [0.2, 0.25) is 0 Å². The van der Waals surface area contributed by atoms with Gasteiger partial charge in [-0.25, -0.2) is 4.98 Å². The number of aromatic amines is 1. The van der Waals surface area contributed by atoms with Crippen LogP contribution < -0.4 is 10.5 Å². The molecule has 1 aliphatic rings.